The van der Waals surface area contributed by atoms with Crippen molar-refractivity contribution < 1.29 is 24.6 Å². The van der Waals surface area contributed by atoms with E-state index in [0.717, 1.165) is 0 Å². The molecule has 0 heterocycles. The summed E-state index contributed by atoms with van der Waals surface area (Å²) in [5.74, 6) is -3.79. The van der Waals surface area contributed by atoms with E-state index in [1.807, 2.05) is 0 Å². The molecule has 2 N–H and O–H groups in total. The molecule has 0 spiro atoms. The largest absolute Gasteiger partial charge is 0.481 e. The van der Waals surface area contributed by atoms with Crippen molar-refractivity contribution in [3.8, 4) is 0 Å². The first-order valence-corrected chi connectivity index (χ1v) is 4.09. The first kappa shape index (κ1) is 10.9. The van der Waals surface area contributed by atoms with Gasteiger partial charge in [-0.2, -0.15) is 0 Å². The summed E-state index contributed by atoms with van der Waals surface area (Å²) in [7, 11) is 0. The van der Waals surface area contributed by atoms with Gasteiger partial charge in [-0.1, -0.05) is 24.3 Å². The van der Waals surface area contributed by atoms with Gasteiger partial charge >= 0.3 is 11.9 Å². The molecule has 0 amide bonds. The van der Waals surface area contributed by atoms with E-state index in [0.29, 0.717) is 0 Å². The maximum atomic E-state index is 11.2. The van der Waals surface area contributed by atoms with Crippen molar-refractivity contribution in [1.29, 1.82) is 0 Å². The van der Waals surface area contributed by atoms with Crippen molar-refractivity contribution in [1.82, 2.24) is 0 Å². The average Bonchev–Trinajstić information content (AvgIpc) is 2.16. The van der Waals surface area contributed by atoms with Crippen LogP contribution in [0.3, 0.4) is 0 Å². The molecule has 0 aliphatic carbocycles. The molecule has 0 aromatic heterocycles. The van der Waals surface area contributed by atoms with Gasteiger partial charge < -0.3 is 10.2 Å². The van der Waals surface area contributed by atoms with E-state index in [-0.39, 0.29) is 17.5 Å². The van der Waals surface area contributed by atoms with Crippen LogP contribution in [0.4, 0.5) is 0 Å². The molecule has 5 heteroatoms. The smallest absolute Gasteiger partial charge is 0.377 e. The highest BCUT2D eigenvalue weighted by atomic mass is 16.4. The van der Waals surface area contributed by atoms with Crippen LogP contribution >= 0.6 is 0 Å². The Morgan fingerprint density at radius 2 is 1.67 bits per heavy atom. The Kier molecular flexibility index (Phi) is 3.17. The summed E-state index contributed by atoms with van der Waals surface area (Å²) in [5.41, 5.74) is 0.129. The fourth-order valence-corrected chi connectivity index (χ4v) is 1.17. The summed E-state index contributed by atoms with van der Waals surface area (Å²) >= 11 is 0. The number of hydrogen-bond donors (Lipinski definition) is 2. The van der Waals surface area contributed by atoms with E-state index in [1.165, 1.54) is 18.2 Å². The monoisotopic (exact) mass is 208 g/mol. The summed E-state index contributed by atoms with van der Waals surface area (Å²) in [5, 5.41) is 17.1. The maximum absolute atomic E-state index is 11.2. The van der Waals surface area contributed by atoms with Crippen LogP contribution in [-0.2, 0) is 16.0 Å². The van der Waals surface area contributed by atoms with Crippen molar-refractivity contribution in [3.05, 3.63) is 35.4 Å². The van der Waals surface area contributed by atoms with Crippen molar-refractivity contribution in [2.45, 2.75) is 6.42 Å². The third-order valence-corrected chi connectivity index (χ3v) is 1.80. The number of carboxylic acid groups (broad SMARTS) is 2. The number of carboxylic acids is 2. The minimum atomic E-state index is -1.59. The highest BCUT2D eigenvalue weighted by Crippen LogP contribution is 2.10. The SMILES string of the molecule is O=C(O)Cc1ccccc1C(=O)C(=O)O. The van der Waals surface area contributed by atoms with E-state index in [4.69, 9.17) is 10.2 Å². The van der Waals surface area contributed by atoms with Gasteiger partial charge in [0.2, 0.25) is 0 Å². The predicted molar refractivity (Wildman–Crippen MR) is 49.7 cm³/mol. The van der Waals surface area contributed by atoms with Gasteiger partial charge in [0.15, 0.2) is 0 Å². The van der Waals surface area contributed by atoms with Gasteiger partial charge in [0.05, 0.1) is 6.42 Å². The number of hydrogen-bond acceptors (Lipinski definition) is 3. The van der Waals surface area contributed by atoms with Crippen molar-refractivity contribution in [2.24, 2.45) is 0 Å². The summed E-state index contributed by atoms with van der Waals surface area (Å²) in [4.78, 5) is 32.0. The molecule has 0 fully saturated rings. The number of rotatable bonds is 4. The summed E-state index contributed by atoms with van der Waals surface area (Å²) in [6, 6.07) is 5.76. The lowest BCUT2D eigenvalue weighted by Crippen LogP contribution is -2.16. The Morgan fingerprint density at radius 3 is 2.20 bits per heavy atom. The zero-order valence-electron chi connectivity index (χ0n) is 7.64. The van der Waals surface area contributed by atoms with Crippen LogP contribution in [0.5, 0.6) is 0 Å². The third kappa shape index (κ3) is 2.63. The lowest BCUT2D eigenvalue weighted by molar-refractivity contribution is -0.136. The zero-order chi connectivity index (χ0) is 11.4. The first-order valence-electron chi connectivity index (χ1n) is 4.09. The molecule has 5 nitrogen and oxygen atoms in total. The molecule has 0 atom stereocenters. The summed E-state index contributed by atoms with van der Waals surface area (Å²) < 4.78 is 0. The number of aliphatic carboxylic acids is 2. The molecule has 1 aromatic carbocycles. The third-order valence-electron chi connectivity index (χ3n) is 1.80. The van der Waals surface area contributed by atoms with E-state index < -0.39 is 17.7 Å². The molecule has 0 saturated heterocycles. The molecule has 0 aliphatic heterocycles. The van der Waals surface area contributed by atoms with Gasteiger partial charge in [0, 0.05) is 5.56 Å². The molecule has 15 heavy (non-hydrogen) atoms. The lowest BCUT2D eigenvalue weighted by Gasteiger charge is -2.03. The molecule has 1 rings (SSSR count). The second-order valence-corrected chi connectivity index (χ2v) is 2.86. The van der Waals surface area contributed by atoms with E-state index in [9.17, 15) is 14.4 Å². The second-order valence-electron chi connectivity index (χ2n) is 2.86. The van der Waals surface area contributed by atoms with Crippen molar-refractivity contribution >= 4 is 17.7 Å². The van der Waals surface area contributed by atoms with Gasteiger partial charge in [-0.05, 0) is 5.56 Å². The Balaban J connectivity index is 3.11. The number of ketones is 1. The van der Waals surface area contributed by atoms with E-state index in [2.05, 4.69) is 0 Å². The standard InChI is InChI=1S/C10H8O5/c11-8(12)5-6-3-1-2-4-7(6)9(13)10(14)15/h1-4H,5H2,(H,11,12)(H,14,15). The van der Waals surface area contributed by atoms with Crippen molar-refractivity contribution in [3.63, 3.8) is 0 Å². The number of benzene rings is 1. The first-order chi connectivity index (χ1) is 7.02. The van der Waals surface area contributed by atoms with Crippen LogP contribution in [0, 0.1) is 0 Å². The van der Waals surface area contributed by atoms with Crippen molar-refractivity contribution in [2.75, 3.05) is 0 Å². The second kappa shape index (κ2) is 4.36. The summed E-state index contributed by atoms with van der Waals surface area (Å²) in [6.07, 6.45) is -0.366. The fraction of sp³-hybridized carbons (Fsp3) is 0.100. The molecular weight excluding hydrogens is 200 g/mol. The van der Waals surface area contributed by atoms with E-state index >= 15 is 0 Å². The van der Waals surface area contributed by atoms with Gasteiger partial charge in [0.25, 0.3) is 5.78 Å². The maximum Gasteiger partial charge on any atom is 0.377 e. The molecule has 78 valence electrons. The van der Waals surface area contributed by atoms with E-state index in [1.54, 1.807) is 6.07 Å². The quantitative estimate of drug-likeness (QED) is 0.557. The predicted octanol–water partition coefficient (Wildman–Crippen LogP) is 0.581. The van der Waals surface area contributed by atoms with Gasteiger partial charge in [-0.25, -0.2) is 4.79 Å². The zero-order valence-corrected chi connectivity index (χ0v) is 7.64. The number of Topliss-reactive ketones (excluding diaryl/α,β-unsaturated/α-hetero) is 1. The highest BCUT2D eigenvalue weighted by molar-refractivity contribution is 6.40. The van der Waals surface area contributed by atoms with Crippen LogP contribution in [0.15, 0.2) is 24.3 Å². The molecule has 0 unspecified atom stereocenters. The van der Waals surface area contributed by atoms with Crippen LogP contribution in [0.25, 0.3) is 0 Å². The highest BCUT2D eigenvalue weighted by Gasteiger charge is 2.18. The molecule has 0 saturated carbocycles. The Bertz CT molecular complexity index is 422. The molecule has 1 aromatic rings. The normalized spacial score (nSPS) is 9.60. The Morgan fingerprint density at radius 1 is 1.07 bits per heavy atom. The Hall–Kier alpha value is -2.17. The topological polar surface area (TPSA) is 91.7 Å². The van der Waals surface area contributed by atoms with Gasteiger partial charge in [-0.15, -0.1) is 0 Å². The molecule has 0 bridgehead atoms. The lowest BCUT2D eigenvalue weighted by atomic mass is 10.0. The van der Waals surface area contributed by atoms with Crippen LogP contribution in [0.2, 0.25) is 0 Å². The van der Waals surface area contributed by atoms with Crippen LogP contribution < -0.4 is 0 Å². The number of carbonyl (C=O) groups is 3. The molecular formula is C10H8O5. The fourth-order valence-electron chi connectivity index (χ4n) is 1.17. The van der Waals surface area contributed by atoms with Crippen LogP contribution in [-0.4, -0.2) is 27.9 Å². The minimum absolute atomic E-state index is 0.0765. The Labute approximate surface area is 85.0 Å². The van der Waals surface area contributed by atoms with Gasteiger partial charge in [0.1, 0.15) is 0 Å². The number of carbonyl (C=O) groups excluding carboxylic acids is 1. The minimum Gasteiger partial charge on any atom is -0.481 e. The molecule has 0 radical (unpaired) electrons. The van der Waals surface area contributed by atoms with Gasteiger partial charge in [-0.3, -0.25) is 9.59 Å². The van der Waals surface area contributed by atoms with Crippen LogP contribution in [0.1, 0.15) is 15.9 Å². The molecule has 0 aliphatic rings. The summed E-state index contributed by atoms with van der Waals surface area (Å²) in [6.45, 7) is 0. The average molecular weight is 208 g/mol.